The Balaban J connectivity index is 1.24. The van der Waals surface area contributed by atoms with Gasteiger partial charge in [0.25, 0.3) is 0 Å². The molecule has 0 saturated heterocycles. The maximum Gasteiger partial charge on any atom is 0.407 e. The molecule has 35 heavy (non-hydrogen) atoms. The summed E-state index contributed by atoms with van der Waals surface area (Å²) in [6.07, 6.45) is -0.581. The lowest BCUT2D eigenvalue weighted by Crippen LogP contribution is -2.43. The zero-order valence-corrected chi connectivity index (χ0v) is 19.6. The summed E-state index contributed by atoms with van der Waals surface area (Å²) in [5, 5.41) is 15.0. The molecule has 0 radical (unpaired) electrons. The zero-order valence-electron chi connectivity index (χ0n) is 18.9. The third-order valence-corrected chi connectivity index (χ3v) is 6.20. The highest BCUT2D eigenvalue weighted by Gasteiger charge is 2.29. The molecule has 0 bridgehead atoms. The smallest absolute Gasteiger partial charge is 0.407 e. The van der Waals surface area contributed by atoms with Gasteiger partial charge in [0.2, 0.25) is 5.91 Å². The summed E-state index contributed by atoms with van der Waals surface area (Å²) in [5.74, 6) is -1.68. The van der Waals surface area contributed by atoms with Crippen molar-refractivity contribution in [3.05, 3.63) is 94.5 Å². The number of ether oxygens (including phenoxy) is 1. The van der Waals surface area contributed by atoms with Crippen LogP contribution in [0, 0.1) is 0 Å². The Kier molecular flexibility index (Phi) is 7.67. The van der Waals surface area contributed by atoms with Gasteiger partial charge in [-0.15, -0.1) is 0 Å². The second kappa shape index (κ2) is 11.1. The van der Waals surface area contributed by atoms with Gasteiger partial charge in [0.1, 0.15) is 12.6 Å². The number of aliphatic carboxylic acids is 1. The lowest BCUT2D eigenvalue weighted by atomic mass is 9.98. The van der Waals surface area contributed by atoms with Gasteiger partial charge in [-0.1, -0.05) is 72.3 Å². The quantitative estimate of drug-likeness (QED) is 0.411. The van der Waals surface area contributed by atoms with Crippen molar-refractivity contribution in [1.29, 1.82) is 0 Å². The molecule has 2 amide bonds. The van der Waals surface area contributed by atoms with Crippen molar-refractivity contribution in [2.75, 3.05) is 13.2 Å². The predicted molar refractivity (Wildman–Crippen MR) is 132 cm³/mol. The molecule has 0 fully saturated rings. The normalized spacial score (nSPS) is 12.8. The summed E-state index contributed by atoms with van der Waals surface area (Å²) in [7, 11) is 0. The number of benzene rings is 3. The number of halogens is 1. The van der Waals surface area contributed by atoms with Crippen LogP contribution in [0.3, 0.4) is 0 Å². The molecule has 180 valence electrons. The number of carbonyl (C=O) groups excluding carboxylic acids is 2. The Morgan fingerprint density at radius 2 is 1.51 bits per heavy atom. The van der Waals surface area contributed by atoms with Gasteiger partial charge in [0.05, 0.1) is 0 Å². The molecule has 0 unspecified atom stereocenters. The molecule has 0 saturated carbocycles. The van der Waals surface area contributed by atoms with Gasteiger partial charge in [-0.05, 0) is 39.9 Å². The van der Waals surface area contributed by atoms with E-state index in [0.717, 1.165) is 27.8 Å². The first-order valence-corrected chi connectivity index (χ1v) is 11.7. The average Bonchev–Trinajstić information content (AvgIpc) is 3.17. The van der Waals surface area contributed by atoms with Crippen molar-refractivity contribution >= 4 is 29.6 Å². The fourth-order valence-corrected chi connectivity index (χ4v) is 4.38. The van der Waals surface area contributed by atoms with Gasteiger partial charge in [0.15, 0.2) is 0 Å². The van der Waals surface area contributed by atoms with Crippen molar-refractivity contribution in [1.82, 2.24) is 10.6 Å². The number of fused-ring (bicyclic) bond motifs is 3. The van der Waals surface area contributed by atoms with Crippen molar-refractivity contribution in [3.63, 3.8) is 0 Å². The number of alkyl carbamates (subject to hydrolysis) is 1. The monoisotopic (exact) mass is 492 g/mol. The lowest BCUT2D eigenvalue weighted by Gasteiger charge is -2.16. The number of carboxylic acid groups (broad SMARTS) is 1. The Morgan fingerprint density at radius 1 is 0.914 bits per heavy atom. The van der Waals surface area contributed by atoms with Crippen LogP contribution >= 0.6 is 11.6 Å². The van der Waals surface area contributed by atoms with E-state index in [1.54, 1.807) is 24.3 Å². The summed E-state index contributed by atoms with van der Waals surface area (Å²) >= 11 is 5.85. The number of hydrogen-bond acceptors (Lipinski definition) is 4. The summed E-state index contributed by atoms with van der Waals surface area (Å²) < 4.78 is 5.44. The Labute approximate surface area is 208 Å². The standard InChI is InChI=1S/C27H25ClN2O5/c28-18-11-9-17(10-12-18)15-24(26(32)33)30-25(31)13-14-29-27(34)35-16-23-21-7-3-1-5-19(21)20-6-2-4-8-22(20)23/h1-12,23-24H,13-16H2,(H,29,34)(H,30,31)(H,32,33)/t24-/m0/s1. The third-order valence-electron chi connectivity index (χ3n) is 5.95. The van der Waals surface area contributed by atoms with Crippen molar-refractivity contribution in [2.45, 2.75) is 24.8 Å². The number of amides is 2. The van der Waals surface area contributed by atoms with E-state index in [0.29, 0.717) is 5.02 Å². The van der Waals surface area contributed by atoms with Gasteiger partial charge < -0.3 is 20.5 Å². The van der Waals surface area contributed by atoms with Gasteiger partial charge in [0, 0.05) is 30.3 Å². The highest BCUT2D eigenvalue weighted by atomic mass is 35.5. The Hall–Kier alpha value is -3.84. The van der Waals surface area contributed by atoms with E-state index in [-0.39, 0.29) is 31.9 Å². The summed E-state index contributed by atoms with van der Waals surface area (Å²) in [5.41, 5.74) is 5.24. The molecular formula is C27H25ClN2O5. The minimum Gasteiger partial charge on any atom is -0.480 e. The number of rotatable bonds is 9. The van der Waals surface area contributed by atoms with E-state index in [1.807, 2.05) is 36.4 Å². The average molecular weight is 493 g/mol. The lowest BCUT2D eigenvalue weighted by molar-refractivity contribution is -0.141. The minimum atomic E-state index is -1.14. The highest BCUT2D eigenvalue weighted by molar-refractivity contribution is 6.30. The number of carbonyl (C=O) groups is 3. The van der Waals surface area contributed by atoms with Gasteiger partial charge in [-0.3, -0.25) is 4.79 Å². The largest absolute Gasteiger partial charge is 0.480 e. The molecule has 1 aliphatic rings. The minimum absolute atomic E-state index is 0.0236. The molecule has 0 aliphatic heterocycles. The molecule has 4 rings (SSSR count). The van der Waals surface area contributed by atoms with Crippen LogP contribution in [0.4, 0.5) is 4.79 Å². The van der Waals surface area contributed by atoms with Gasteiger partial charge >= 0.3 is 12.1 Å². The first-order valence-electron chi connectivity index (χ1n) is 11.3. The van der Waals surface area contributed by atoms with Crippen molar-refractivity contribution in [3.8, 4) is 11.1 Å². The molecule has 3 N–H and O–H groups in total. The fourth-order valence-electron chi connectivity index (χ4n) is 4.25. The molecule has 1 atom stereocenters. The van der Waals surface area contributed by atoms with Gasteiger partial charge in [-0.25, -0.2) is 9.59 Å². The van der Waals surface area contributed by atoms with Crippen molar-refractivity contribution < 1.29 is 24.2 Å². The molecular weight excluding hydrogens is 468 g/mol. The van der Waals surface area contributed by atoms with Crippen LogP contribution in [-0.4, -0.2) is 42.3 Å². The molecule has 0 aromatic heterocycles. The van der Waals surface area contributed by atoms with E-state index in [9.17, 15) is 19.5 Å². The zero-order chi connectivity index (χ0) is 24.8. The van der Waals surface area contributed by atoms with E-state index in [2.05, 4.69) is 22.8 Å². The van der Waals surface area contributed by atoms with Crippen molar-refractivity contribution in [2.24, 2.45) is 0 Å². The fraction of sp³-hybridized carbons (Fsp3) is 0.222. The van der Waals surface area contributed by atoms with Crippen LogP contribution in [-0.2, 0) is 20.7 Å². The van der Waals surface area contributed by atoms with Gasteiger partial charge in [-0.2, -0.15) is 0 Å². The SMILES string of the molecule is O=C(CCNC(=O)OCC1c2ccccc2-c2ccccc21)N[C@@H](Cc1ccc(Cl)cc1)C(=O)O. The topological polar surface area (TPSA) is 105 Å². The number of hydrogen-bond donors (Lipinski definition) is 3. The maximum atomic E-state index is 12.2. The van der Waals surface area contributed by atoms with E-state index >= 15 is 0 Å². The first-order chi connectivity index (χ1) is 16.9. The highest BCUT2D eigenvalue weighted by Crippen LogP contribution is 2.44. The summed E-state index contributed by atoms with van der Waals surface area (Å²) in [6, 6.07) is 21.8. The van der Waals surface area contributed by atoms with Crippen LogP contribution in [0.2, 0.25) is 5.02 Å². The first kappa shape index (κ1) is 24.3. The van der Waals surface area contributed by atoms with E-state index < -0.39 is 24.0 Å². The number of carboxylic acids is 1. The van der Waals surface area contributed by atoms with Crippen LogP contribution < -0.4 is 10.6 Å². The molecule has 3 aromatic carbocycles. The molecule has 0 spiro atoms. The number of nitrogens with one attached hydrogen (secondary N) is 2. The Morgan fingerprint density at radius 3 is 2.11 bits per heavy atom. The molecule has 3 aromatic rings. The maximum absolute atomic E-state index is 12.2. The van der Waals surface area contributed by atoms with E-state index in [4.69, 9.17) is 16.3 Å². The van der Waals surface area contributed by atoms with Crippen LogP contribution in [0.5, 0.6) is 0 Å². The molecule has 8 heteroatoms. The van der Waals surface area contributed by atoms with Crippen LogP contribution in [0.25, 0.3) is 11.1 Å². The molecule has 1 aliphatic carbocycles. The third kappa shape index (κ3) is 6.00. The van der Waals surface area contributed by atoms with Crippen LogP contribution in [0.15, 0.2) is 72.8 Å². The summed E-state index contributed by atoms with van der Waals surface area (Å²) in [6.45, 7) is 0.198. The Bertz CT molecular complexity index is 1180. The van der Waals surface area contributed by atoms with E-state index in [1.165, 1.54) is 0 Å². The second-order valence-corrected chi connectivity index (χ2v) is 8.73. The second-order valence-electron chi connectivity index (χ2n) is 8.29. The molecule has 7 nitrogen and oxygen atoms in total. The predicted octanol–water partition coefficient (Wildman–Crippen LogP) is 4.38. The van der Waals surface area contributed by atoms with Crippen LogP contribution in [0.1, 0.15) is 29.0 Å². The molecule has 0 heterocycles. The summed E-state index contributed by atoms with van der Waals surface area (Å²) in [4.78, 5) is 36.0.